The van der Waals surface area contributed by atoms with E-state index < -0.39 is 0 Å². The second kappa shape index (κ2) is 5.58. The molecule has 1 aliphatic rings. The molecule has 0 bridgehead atoms. The monoisotopic (exact) mass is 290 g/mol. The topological polar surface area (TPSA) is 45.1 Å². The molecule has 0 spiro atoms. The first-order valence-electron chi connectivity index (χ1n) is 7.13. The first-order chi connectivity index (χ1) is 9.65. The molecule has 1 heterocycles. The normalized spacial score (nSPS) is 22.9. The number of hydrogen-bond donors (Lipinski definition) is 2. The Balaban J connectivity index is 1.95. The molecule has 0 atom stereocenters. The zero-order chi connectivity index (χ0) is 14.1. The fraction of sp³-hybridized carbons (Fsp3) is 0.438. The largest absolute Gasteiger partial charge is 0.393 e. The second-order valence-corrected chi connectivity index (χ2v) is 6.01. The van der Waals surface area contributed by atoms with Gasteiger partial charge in [0.2, 0.25) is 0 Å². The minimum Gasteiger partial charge on any atom is -0.393 e. The molecule has 3 rings (SSSR count). The molecule has 106 valence electrons. The highest BCUT2D eigenvalue weighted by Gasteiger charge is 2.21. The van der Waals surface area contributed by atoms with Crippen LogP contribution in [-0.4, -0.2) is 22.2 Å². The van der Waals surface area contributed by atoms with Crippen molar-refractivity contribution in [3.05, 3.63) is 35.0 Å². The van der Waals surface area contributed by atoms with Crippen molar-refractivity contribution < 1.29 is 5.11 Å². The minimum atomic E-state index is -0.139. The van der Waals surface area contributed by atoms with E-state index >= 15 is 0 Å². The van der Waals surface area contributed by atoms with E-state index in [9.17, 15) is 5.11 Å². The Morgan fingerprint density at radius 2 is 2.05 bits per heavy atom. The van der Waals surface area contributed by atoms with Gasteiger partial charge in [0.1, 0.15) is 0 Å². The second-order valence-electron chi connectivity index (χ2n) is 5.60. The van der Waals surface area contributed by atoms with Crippen molar-refractivity contribution in [2.45, 2.75) is 44.8 Å². The summed E-state index contributed by atoms with van der Waals surface area (Å²) in [5, 5.41) is 15.0. The quantitative estimate of drug-likeness (QED) is 0.881. The number of aliphatic hydroxyl groups is 1. The summed E-state index contributed by atoms with van der Waals surface area (Å²) < 4.78 is 0. The smallest absolute Gasteiger partial charge is 0.0752 e. The SMILES string of the molecule is Cc1cc(Cl)c(NC2CCC(O)CC2)c2cccnc12. The summed E-state index contributed by atoms with van der Waals surface area (Å²) in [5.74, 6) is 0. The first-order valence-corrected chi connectivity index (χ1v) is 7.51. The van der Waals surface area contributed by atoms with E-state index in [4.69, 9.17) is 11.6 Å². The molecule has 3 nitrogen and oxygen atoms in total. The fourth-order valence-corrected chi connectivity index (χ4v) is 3.27. The molecule has 1 fully saturated rings. The molecule has 0 aliphatic heterocycles. The highest BCUT2D eigenvalue weighted by atomic mass is 35.5. The van der Waals surface area contributed by atoms with Crippen LogP contribution in [-0.2, 0) is 0 Å². The Kier molecular flexibility index (Phi) is 3.81. The molecular weight excluding hydrogens is 272 g/mol. The molecule has 2 aromatic rings. The highest BCUT2D eigenvalue weighted by molar-refractivity contribution is 6.35. The Labute approximate surface area is 124 Å². The maximum absolute atomic E-state index is 9.59. The van der Waals surface area contributed by atoms with E-state index in [1.807, 2.05) is 25.3 Å². The van der Waals surface area contributed by atoms with Gasteiger partial charge in [-0.3, -0.25) is 4.98 Å². The first kappa shape index (κ1) is 13.7. The van der Waals surface area contributed by atoms with Crippen molar-refractivity contribution in [1.29, 1.82) is 0 Å². The zero-order valence-corrected chi connectivity index (χ0v) is 12.3. The predicted octanol–water partition coefficient (Wildman–Crippen LogP) is 3.91. The van der Waals surface area contributed by atoms with Crippen LogP contribution in [0.4, 0.5) is 5.69 Å². The van der Waals surface area contributed by atoms with E-state index in [-0.39, 0.29) is 6.10 Å². The summed E-state index contributed by atoms with van der Waals surface area (Å²) in [6.45, 7) is 2.03. The number of pyridine rings is 1. The molecule has 0 unspecified atom stereocenters. The molecular formula is C16H19ClN2O. The summed E-state index contributed by atoms with van der Waals surface area (Å²) in [4.78, 5) is 4.45. The highest BCUT2D eigenvalue weighted by Crippen LogP contribution is 2.34. The molecule has 1 saturated carbocycles. The van der Waals surface area contributed by atoms with Crippen LogP contribution in [0.3, 0.4) is 0 Å². The minimum absolute atomic E-state index is 0.139. The van der Waals surface area contributed by atoms with Crippen LogP contribution in [0.15, 0.2) is 24.4 Å². The van der Waals surface area contributed by atoms with Gasteiger partial charge in [-0.2, -0.15) is 0 Å². The number of aliphatic hydroxyl groups excluding tert-OH is 1. The summed E-state index contributed by atoms with van der Waals surface area (Å²) in [6.07, 6.45) is 5.35. The van der Waals surface area contributed by atoms with Gasteiger partial charge in [0.05, 0.1) is 22.3 Å². The maximum Gasteiger partial charge on any atom is 0.0752 e. The third kappa shape index (κ3) is 2.60. The van der Waals surface area contributed by atoms with Crippen LogP contribution >= 0.6 is 11.6 Å². The molecule has 1 aromatic carbocycles. The van der Waals surface area contributed by atoms with Gasteiger partial charge in [0.25, 0.3) is 0 Å². The van der Waals surface area contributed by atoms with Crippen LogP contribution in [0, 0.1) is 6.92 Å². The number of anilines is 1. The number of rotatable bonds is 2. The lowest BCUT2D eigenvalue weighted by Crippen LogP contribution is -2.28. The lowest BCUT2D eigenvalue weighted by molar-refractivity contribution is 0.126. The number of aromatic nitrogens is 1. The van der Waals surface area contributed by atoms with Crippen molar-refractivity contribution in [1.82, 2.24) is 4.98 Å². The van der Waals surface area contributed by atoms with E-state index in [1.165, 1.54) is 0 Å². The van der Waals surface area contributed by atoms with Gasteiger partial charge < -0.3 is 10.4 Å². The Morgan fingerprint density at radius 3 is 2.80 bits per heavy atom. The molecule has 1 aromatic heterocycles. The summed E-state index contributed by atoms with van der Waals surface area (Å²) in [7, 11) is 0. The van der Waals surface area contributed by atoms with E-state index in [0.29, 0.717) is 6.04 Å². The standard InChI is InChI=1S/C16H19ClN2O/c1-10-9-14(17)16(13-3-2-8-18-15(10)13)19-11-4-6-12(20)7-5-11/h2-3,8-9,11-12,19-20H,4-7H2,1H3. The fourth-order valence-electron chi connectivity index (χ4n) is 2.95. The van der Waals surface area contributed by atoms with Crippen molar-refractivity contribution in [3.63, 3.8) is 0 Å². The average Bonchev–Trinajstić information content (AvgIpc) is 2.45. The lowest BCUT2D eigenvalue weighted by atomic mass is 9.92. The maximum atomic E-state index is 9.59. The molecule has 1 aliphatic carbocycles. The third-order valence-electron chi connectivity index (χ3n) is 4.08. The van der Waals surface area contributed by atoms with Crippen LogP contribution < -0.4 is 5.32 Å². The van der Waals surface area contributed by atoms with Crippen molar-refractivity contribution in [3.8, 4) is 0 Å². The zero-order valence-electron chi connectivity index (χ0n) is 11.6. The molecule has 20 heavy (non-hydrogen) atoms. The Morgan fingerprint density at radius 1 is 1.30 bits per heavy atom. The number of fused-ring (bicyclic) bond motifs is 1. The van der Waals surface area contributed by atoms with Crippen LogP contribution in [0.25, 0.3) is 10.9 Å². The van der Waals surface area contributed by atoms with Gasteiger partial charge in [0.15, 0.2) is 0 Å². The Hall–Kier alpha value is -1.32. The van der Waals surface area contributed by atoms with Gasteiger partial charge in [0, 0.05) is 17.6 Å². The van der Waals surface area contributed by atoms with E-state index in [1.54, 1.807) is 0 Å². The Bertz CT molecular complexity index is 621. The number of halogens is 1. The average molecular weight is 291 g/mol. The lowest BCUT2D eigenvalue weighted by Gasteiger charge is -2.28. The van der Waals surface area contributed by atoms with Crippen molar-refractivity contribution >= 4 is 28.2 Å². The van der Waals surface area contributed by atoms with Crippen LogP contribution in [0.1, 0.15) is 31.2 Å². The number of nitrogens with one attached hydrogen (secondary N) is 1. The van der Waals surface area contributed by atoms with Gasteiger partial charge in [-0.1, -0.05) is 11.6 Å². The van der Waals surface area contributed by atoms with Gasteiger partial charge >= 0.3 is 0 Å². The van der Waals surface area contributed by atoms with Gasteiger partial charge in [-0.15, -0.1) is 0 Å². The summed E-state index contributed by atoms with van der Waals surface area (Å²) in [5.41, 5.74) is 3.06. The molecule has 0 amide bonds. The predicted molar refractivity (Wildman–Crippen MR) is 83.4 cm³/mol. The molecule has 2 N–H and O–H groups in total. The third-order valence-corrected chi connectivity index (χ3v) is 4.38. The van der Waals surface area contributed by atoms with Crippen molar-refractivity contribution in [2.75, 3.05) is 5.32 Å². The number of hydrogen-bond acceptors (Lipinski definition) is 3. The number of aryl methyl sites for hydroxylation is 1. The molecule has 4 heteroatoms. The summed E-state index contributed by atoms with van der Waals surface area (Å²) >= 11 is 6.42. The van der Waals surface area contributed by atoms with Crippen LogP contribution in [0.2, 0.25) is 5.02 Å². The molecule has 0 saturated heterocycles. The van der Waals surface area contributed by atoms with E-state index in [0.717, 1.165) is 52.9 Å². The molecule has 0 radical (unpaired) electrons. The van der Waals surface area contributed by atoms with Crippen molar-refractivity contribution in [2.24, 2.45) is 0 Å². The van der Waals surface area contributed by atoms with Gasteiger partial charge in [-0.25, -0.2) is 0 Å². The van der Waals surface area contributed by atoms with Gasteiger partial charge in [-0.05, 0) is 56.4 Å². The number of benzene rings is 1. The summed E-state index contributed by atoms with van der Waals surface area (Å²) in [6, 6.07) is 6.34. The van der Waals surface area contributed by atoms with E-state index in [2.05, 4.69) is 16.4 Å². The van der Waals surface area contributed by atoms with Crippen LogP contribution in [0.5, 0.6) is 0 Å². The number of nitrogens with zero attached hydrogens (tertiary/aromatic N) is 1.